The highest BCUT2D eigenvalue weighted by molar-refractivity contribution is 7.97. The normalized spacial score (nSPS) is 9.69. The van der Waals surface area contributed by atoms with Gasteiger partial charge in [0.25, 0.3) is 0 Å². The third-order valence-electron chi connectivity index (χ3n) is 1.33. The van der Waals surface area contributed by atoms with Crippen molar-refractivity contribution < 1.29 is 9.90 Å². The van der Waals surface area contributed by atoms with Crippen LogP contribution in [0.5, 0.6) is 0 Å². The lowest BCUT2D eigenvalue weighted by Crippen LogP contribution is -2.15. The molecule has 0 aliphatic carbocycles. The van der Waals surface area contributed by atoms with Gasteiger partial charge in [0.1, 0.15) is 0 Å². The van der Waals surface area contributed by atoms with Crippen LogP contribution in [0.2, 0.25) is 5.02 Å². The molecule has 13 heavy (non-hydrogen) atoms. The Kier molecular flexibility index (Phi) is 3.45. The third-order valence-corrected chi connectivity index (χ3v) is 2.49. The topological polar surface area (TPSA) is 40.5 Å². The summed E-state index contributed by atoms with van der Waals surface area (Å²) >= 11 is 6.81. The summed E-state index contributed by atoms with van der Waals surface area (Å²) in [4.78, 5) is 11.3. The summed E-state index contributed by atoms with van der Waals surface area (Å²) in [6.07, 6.45) is -0.972. The average Bonchev–Trinajstić information content (AvgIpc) is 2.08. The number of rotatable bonds is 2. The lowest BCUT2D eigenvalue weighted by molar-refractivity contribution is 0.181. The molecule has 0 saturated carbocycles. The van der Waals surface area contributed by atoms with Crippen molar-refractivity contribution in [1.29, 1.82) is 0 Å². The molecular weight excluding hydrogens is 210 g/mol. The van der Waals surface area contributed by atoms with Gasteiger partial charge in [0.2, 0.25) is 0 Å². The van der Waals surface area contributed by atoms with Crippen molar-refractivity contribution in [3.05, 3.63) is 29.3 Å². The molecule has 0 aliphatic rings. The van der Waals surface area contributed by atoms with E-state index in [2.05, 4.69) is 0 Å². The third kappa shape index (κ3) is 3.16. The minimum absolute atomic E-state index is 0.641. The van der Waals surface area contributed by atoms with Gasteiger partial charge < -0.3 is 5.11 Å². The highest BCUT2D eigenvalue weighted by atomic mass is 35.5. The van der Waals surface area contributed by atoms with E-state index in [1.54, 1.807) is 24.3 Å². The van der Waals surface area contributed by atoms with Crippen molar-refractivity contribution in [3.8, 4) is 0 Å². The number of benzene rings is 1. The maximum atomic E-state index is 10.4. The summed E-state index contributed by atoms with van der Waals surface area (Å²) in [6.45, 7) is 0. The van der Waals surface area contributed by atoms with Crippen LogP contribution in [0.3, 0.4) is 0 Å². The highest BCUT2D eigenvalue weighted by Crippen LogP contribution is 2.22. The van der Waals surface area contributed by atoms with E-state index >= 15 is 0 Å². The number of nitrogens with zero attached hydrogens (tertiary/aromatic N) is 1. The van der Waals surface area contributed by atoms with E-state index in [4.69, 9.17) is 16.7 Å². The van der Waals surface area contributed by atoms with Crippen LogP contribution in [-0.4, -0.2) is 22.6 Å². The van der Waals surface area contributed by atoms with Crippen molar-refractivity contribution >= 4 is 29.6 Å². The molecule has 0 unspecified atom stereocenters. The molecule has 3 nitrogen and oxygen atoms in total. The first-order valence-electron chi connectivity index (χ1n) is 3.50. The number of carboxylic acid groups (broad SMARTS) is 1. The van der Waals surface area contributed by atoms with Crippen molar-refractivity contribution in [2.45, 2.75) is 4.90 Å². The summed E-state index contributed by atoms with van der Waals surface area (Å²) in [5, 5.41) is 9.22. The number of hydrogen-bond acceptors (Lipinski definition) is 2. The Morgan fingerprint density at radius 2 is 2.00 bits per heavy atom. The van der Waals surface area contributed by atoms with Crippen LogP contribution >= 0.6 is 23.5 Å². The molecule has 0 fully saturated rings. The second-order valence-electron chi connectivity index (χ2n) is 2.33. The largest absolute Gasteiger partial charge is 0.464 e. The van der Waals surface area contributed by atoms with Crippen LogP contribution < -0.4 is 0 Å². The monoisotopic (exact) mass is 217 g/mol. The molecule has 0 aromatic heterocycles. The van der Waals surface area contributed by atoms with Gasteiger partial charge in [-0.15, -0.1) is 0 Å². The molecule has 0 bridgehead atoms. The maximum absolute atomic E-state index is 10.4. The molecule has 1 amide bonds. The van der Waals surface area contributed by atoms with Gasteiger partial charge in [-0.2, -0.15) is 0 Å². The minimum atomic E-state index is -0.972. The summed E-state index contributed by atoms with van der Waals surface area (Å²) in [5.74, 6) is 0. The molecule has 0 saturated heterocycles. The zero-order chi connectivity index (χ0) is 9.84. The molecule has 0 heterocycles. The van der Waals surface area contributed by atoms with E-state index in [-0.39, 0.29) is 0 Å². The number of halogens is 1. The summed E-state index contributed by atoms with van der Waals surface area (Å²) in [5.41, 5.74) is 0. The average molecular weight is 218 g/mol. The molecule has 1 aromatic carbocycles. The van der Waals surface area contributed by atoms with E-state index < -0.39 is 6.09 Å². The number of amides is 1. The first kappa shape index (κ1) is 10.2. The lowest BCUT2D eigenvalue weighted by Gasteiger charge is -2.10. The van der Waals surface area contributed by atoms with Gasteiger partial charge in [0, 0.05) is 17.0 Å². The van der Waals surface area contributed by atoms with Gasteiger partial charge in [0.15, 0.2) is 0 Å². The summed E-state index contributed by atoms with van der Waals surface area (Å²) in [6, 6.07) is 6.98. The number of carbonyl (C=O) groups is 1. The molecule has 1 rings (SSSR count). The molecule has 1 aromatic rings. The Hall–Kier alpha value is -0.870. The van der Waals surface area contributed by atoms with Crippen LogP contribution in [0.25, 0.3) is 0 Å². The van der Waals surface area contributed by atoms with Gasteiger partial charge in [-0.1, -0.05) is 11.6 Å². The Labute approximate surface area is 85.4 Å². The molecule has 0 radical (unpaired) electrons. The van der Waals surface area contributed by atoms with E-state index in [9.17, 15) is 4.79 Å². The highest BCUT2D eigenvalue weighted by Gasteiger charge is 2.06. The van der Waals surface area contributed by atoms with E-state index in [1.807, 2.05) is 0 Å². The molecule has 0 aliphatic heterocycles. The van der Waals surface area contributed by atoms with Crippen molar-refractivity contribution in [3.63, 3.8) is 0 Å². The van der Waals surface area contributed by atoms with Crippen molar-refractivity contribution in [2.24, 2.45) is 0 Å². The first-order chi connectivity index (χ1) is 6.09. The molecule has 70 valence electrons. The Balaban J connectivity index is 2.64. The van der Waals surface area contributed by atoms with Gasteiger partial charge in [0.05, 0.1) is 0 Å². The maximum Gasteiger partial charge on any atom is 0.417 e. The second-order valence-corrected chi connectivity index (χ2v) is 3.96. The second kappa shape index (κ2) is 4.39. The summed E-state index contributed by atoms with van der Waals surface area (Å²) in [7, 11) is 1.49. The standard InChI is InChI=1S/C8H8ClNO2S/c1-10(8(11)12)13-7-4-2-6(9)3-5-7/h2-5H,1H3,(H,11,12). The molecule has 0 atom stereocenters. The summed E-state index contributed by atoms with van der Waals surface area (Å²) < 4.78 is 1.13. The Morgan fingerprint density at radius 1 is 1.46 bits per heavy atom. The lowest BCUT2D eigenvalue weighted by atomic mass is 10.4. The SMILES string of the molecule is CN(Sc1ccc(Cl)cc1)C(=O)O. The van der Waals surface area contributed by atoms with Crippen molar-refractivity contribution in [2.75, 3.05) is 7.05 Å². The molecule has 5 heteroatoms. The fourth-order valence-electron chi connectivity index (χ4n) is 0.693. The van der Waals surface area contributed by atoms with Gasteiger partial charge in [-0.3, -0.25) is 4.31 Å². The molecular formula is C8H8ClNO2S. The van der Waals surface area contributed by atoms with E-state index in [1.165, 1.54) is 7.05 Å². The quantitative estimate of drug-likeness (QED) is 0.775. The van der Waals surface area contributed by atoms with Crippen LogP contribution in [-0.2, 0) is 0 Å². The first-order valence-corrected chi connectivity index (χ1v) is 4.65. The van der Waals surface area contributed by atoms with Crippen LogP contribution in [0.4, 0.5) is 4.79 Å². The van der Waals surface area contributed by atoms with Crippen LogP contribution in [0.15, 0.2) is 29.2 Å². The van der Waals surface area contributed by atoms with E-state index in [0.29, 0.717) is 5.02 Å². The Morgan fingerprint density at radius 3 is 2.46 bits per heavy atom. The van der Waals surface area contributed by atoms with Gasteiger partial charge >= 0.3 is 6.09 Å². The van der Waals surface area contributed by atoms with E-state index in [0.717, 1.165) is 21.1 Å². The van der Waals surface area contributed by atoms with Crippen LogP contribution in [0.1, 0.15) is 0 Å². The van der Waals surface area contributed by atoms with Crippen molar-refractivity contribution in [1.82, 2.24) is 4.31 Å². The predicted molar refractivity (Wildman–Crippen MR) is 53.1 cm³/mol. The fraction of sp³-hybridized carbons (Fsp3) is 0.125. The van der Waals surface area contributed by atoms with Gasteiger partial charge in [-0.25, -0.2) is 4.79 Å². The van der Waals surface area contributed by atoms with Gasteiger partial charge in [-0.05, 0) is 36.2 Å². The smallest absolute Gasteiger partial charge is 0.417 e. The molecule has 1 N–H and O–H groups in total. The zero-order valence-corrected chi connectivity index (χ0v) is 8.47. The molecule has 0 spiro atoms. The minimum Gasteiger partial charge on any atom is -0.464 e. The van der Waals surface area contributed by atoms with Crippen LogP contribution in [0, 0.1) is 0 Å². The predicted octanol–water partition coefficient (Wildman–Crippen LogP) is 2.96. The zero-order valence-electron chi connectivity index (χ0n) is 6.90. The Bertz CT molecular complexity index is 302. The fourth-order valence-corrected chi connectivity index (χ4v) is 1.47. The number of hydrogen-bond donors (Lipinski definition) is 1.